The lowest BCUT2D eigenvalue weighted by Crippen LogP contribution is -2.44. The second-order valence-corrected chi connectivity index (χ2v) is 7.73. The molecule has 1 aromatic carbocycles. The van der Waals surface area contributed by atoms with Crippen LogP contribution in [0.25, 0.3) is 10.2 Å². The van der Waals surface area contributed by atoms with Gasteiger partial charge < -0.3 is 19.9 Å². The lowest BCUT2D eigenvalue weighted by Gasteiger charge is -2.17. The number of carbonyl (C=O) groups is 1. The average molecular weight is 362 g/mol. The van der Waals surface area contributed by atoms with Gasteiger partial charge in [0.15, 0.2) is 0 Å². The predicted octanol–water partition coefficient (Wildman–Crippen LogP) is 1.65. The summed E-state index contributed by atoms with van der Waals surface area (Å²) in [5.41, 5.74) is 1.05. The van der Waals surface area contributed by atoms with Crippen molar-refractivity contribution < 1.29 is 19.4 Å². The van der Waals surface area contributed by atoms with Gasteiger partial charge in [-0.15, -0.1) is 11.3 Å². The quantitative estimate of drug-likeness (QED) is 0.764. The van der Waals surface area contributed by atoms with Crippen LogP contribution < -0.4 is 5.32 Å². The molecule has 3 heterocycles. The lowest BCUT2D eigenvalue weighted by molar-refractivity contribution is -0.122. The van der Waals surface area contributed by atoms with Crippen molar-refractivity contribution in [2.24, 2.45) is 0 Å². The van der Waals surface area contributed by atoms with E-state index in [-0.39, 0.29) is 30.8 Å². The number of amides is 1. The average Bonchev–Trinajstić information content (AvgIpc) is 3.29. The highest BCUT2D eigenvalue weighted by Gasteiger charge is 2.47. The summed E-state index contributed by atoms with van der Waals surface area (Å²) in [7, 11) is 0. The number of benzene rings is 1. The van der Waals surface area contributed by atoms with E-state index >= 15 is 0 Å². The van der Waals surface area contributed by atoms with Gasteiger partial charge in [-0.25, -0.2) is 4.98 Å². The topological polar surface area (TPSA) is 80.7 Å². The second-order valence-electron chi connectivity index (χ2n) is 6.62. The van der Waals surface area contributed by atoms with Gasteiger partial charge in [0.1, 0.15) is 18.3 Å². The monoisotopic (exact) mass is 362 g/mol. The first-order chi connectivity index (χ1) is 12.2. The molecule has 1 aromatic heterocycles. The van der Waals surface area contributed by atoms with E-state index in [1.165, 1.54) is 4.70 Å². The predicted molar refractivity (Wildman–Crippen MR) is 94.6 cm³/mol. The largest absolute Gasteiger partial charge is 0.388 e. The Morgan fingerprint density at radius 2 is 2.08 bits per heavy atom. The first kappa shape index (κ1) is 16.9. The number of unbranched alkanes of at least 4 members (excludes halogenated alkanes) is 1. The molecular formula is C18H22N2O4S. The third kappa shape index (κ3) is 3.69. The number of aliphatic hydroxyl groups is 1. The zero-order chi connectivity index (χ0) is 17.2. The third-order valence-electron chi connectivity index (χ3n) is 4.76. The Hall–Kier alpha value is -1.54. The van der Waals surface area contributed by atoms with E-state index in [4.69, 9.17) is 9.47 Å². The lowest BCUT2D eigenvalue weighted by atomic mass is 10.1. The molecule has 2 aliphatic rings. The molecule has 2 aromatic rings. The molecule has 134 valence electrons. The summed E-state index contributed by atoms with van der Waals surface area (Å²) < 4.78 is 12.2. The van der Waals surface area contributed by atoms with E-state index in [0.717, 1.165) is 29.8 Å². The van der Waals surface area contributed by atoms with Crippen LogP contribution in [0.15, 0.2) is 24.3 Å². The van der Waals surface area contributed by atoms with Crippen LogP contribution >= 0.6 is 11.3 Å². The Bertz CT molecular complexity index is 717. The Kier molecular flexibility index (Phi) is 4.98. The number of thiazole rings is 1. The van der Waals surface area contributed by atoms with Crippen molar-refractivity contribution in [2.75, 3.05) is 13.2 Å². The number of nitrogens with one attached hydrogen (secondary N) is 1. The van der Waals surface area contributed by atoms with Crippen molar-refractivity contribution in [2.45, 2.75) is 50.0 Å². The number of fused-ring (bicyclic) bond motifs is 2. The minimum absolute atomic E-state index is 0.0172. The van der Waals surface area contributed by atoms with Gasteiger partial charge in [-0.2, -0.15) is 0 Å². The molecule has 2 fully saturated rings. The Morgan fingerprint density at radius 1 is 1.24 bits per heavy atom. The van der Waals surface area contributed by atoms with Gasteiger partial charge in [0.2, 0.25) is 5.91 Å². The maximum atomic E-state index is 12.1. The number of aliphatic hydroxyl groups excluding tert-OH is 1. The smallest absolute Gasteiger partial charge is 0.220 e. The van der Waals surface area contributed by atoms with Crippen LogP contribution in [-0.2, 0) is 20.7 Å². The molecule has 0 radical (unpaired) electrons. The van der Waals surface area contributed by atoms with E-state index in [1.54, 1.807) is 11.3 Å². The molecule has 0 spiro atoms. The van der Waals surface area contributed by atoms with Crippen LogP contribution in [0, 0.1) is 0 Å². The van der Waals surface area contributed by atoms with E-state index < -0.39 is 6.10 Å². The molecular weight excluding hydrogens is 340 g/mol. The molecule has 4 rings (SSSR count). The van der Waals surface area contributed by atoms with Crippen LogP contribution in [0.4, 0.5) is 0 Å². The SMILES string of the molecule is O=C(CCCCc1nc2ccccc2s1)N[C@@H]1CO[C@H]2[C@@H]1OC[C@H]2O. The number of aromatic nitrogens is 1. The number of hydrogen-bond donors (Lipinski definition) is 2. The number of nitrogens with zero attached hydrogens (tertiary/aromatic N) is 1. The van der Waals surface area contributed by atoms with Crippen molar-refractivity contribution in [3.05, 3.63) is 29.3 Å². The van der Waals surface area contributed by atoms with Crippen LogP contribution in [0.3, 0.4) is 0 Å². The Labute approximate surface area is 150 Å². The summed E-state index contributed by atoms with van der Waals surface area (Å²) in [4.78, 5) is 16.7. The molecule has 0 unspecified atom stereocenters. The highest BCUT2D eigenvalue weighted by molar-refractivity contribution is 7.18. The molecule has 25 heavy (non-hydrogen) atoms. The first-order valence-electron chi connectivity index (χ1n) is 8.76. The summed E-state index contributed by atoms with van der Waals surface area (Å²) >= 11 is 1.72. The zero-order valence-electron chi connectivity index (χ0n) is 13.9. The van der Waals surface area contributed by atoms with Gasteiger partial charge in [-0.05, 0) is 31.4 Å². The molecule has 0 bridgehead atoms. The summed E-state index contributed by atoms with van der Waals surface area (Å²) in [6, 6.07) is 7.99. The van der Waals surface area contributed by atoms with E-state index in [0.29, 0.717) is 13.0 Å². The van der Waals surface area contributed by atoms with Crippen LogP contribution in [-0.4, -0.2) is 53.6 Å². The molecule has 2 aliphatic heterocycles. The fourth-order valence-corrected chi connectivity index (χ4v) is 4.48. The molecule has 6 nitrogen and oxygen atoms in total. The molecule has 2 saturated heterocycles. The molecule has 2 N–H and O–H groups in total. The van der Waals surface area contributed by atoms with Gasteiger partial charge in [0.05, 0.1) is 34.5 Å². The maximum absolute atomic E-state index is 12.1. The van der Waals surface area contributed by atoms with Crippen molar-refractivity contribution in [3.8, 4) is 0 Å². The minimum Gasteiger partial charge on any atom is -0.388 e. The Morgan fingerprint density at radius 3 is 2.96 bits per heavy atom. The second kappa shape index (κ2) is 7.37. The maximum Gasteiger partial charge on any atom is 0.220 e. The zero-order valence-corrected chi connectivity index (χ0v) is 14.7. The number of hydrogen-bond acceptors (Lipinski definition) is 6. The number of carbonyl (C=O) groups excluding carboxylic acids is 1. The van der Waals surface area contributed by atoms with Gasteiger partial charge in [-0.1, -0.05) is 12.1 Å². The van der Waals surface area contributed by atoms with Crippen molar-refractivity contribution >= 4 is 27.5 Å². The van der Waals surface area contributed by atoms with Gasteiger partial charge in [0, 0.05) is 6.42 Å². The van der Waals surface area contributed by atoms with E-state index in [1.807, 2.05) is 18.2 Å². The molecule has 1 amide bonds. The highest BCUT2D eigenvalue weighted by atomic mass is 32.1. The molecule has 0 saturated carbocycles. The van der Waals surface area contributed by atoms with Crippen molar-refractivity contribution in [1.82, 2.24) is 10.3 Å². The van der Waals surface area contributed by atoms with Gasteiger partial charge in [0.25, 0.3) is 0 Å². The van der Waals surface area contributed by atoms with Crippen LogP contribution in [0.1, 0.15) is 24.3 Å². The van der Waals surface area contributed by atoms with Crippen LogP contribution in [0.2, 0.25) is 0 Å². The highest BCUT2D eigenvalue weighted by Crippen LogP contribution is 2.27. The summed E-state index contributed by atoms with van der Waals surface area (Å²) in [6.07, 6.45) is 2.05. The van der Waals surface area contributed by atoms with E-state index in [9.17, 15) is 9.90 Å². The summed E-state index contributed by atoms with van der Waals surface area (Å²) in [5, 5.41) is 13.8. The van der Waals surface area contributed by atoms with Crippen LogP contribution in [0.5, 0.6) is 0 Å². The number of aryl methyl sites for hydroxylation is 1. The number of para-hydroxylation sites is 1. The number of ether oxygens (including phenoxy) is 2. The standard InChI is InChI=1S/C18H22N2O4S/c21-13-10-24-17-12(9-23-18(13)17)19-15(22)7-3-4-8-16-20-11-5-1-2-6-14(11)25-16/h1-2,5-6,12-13,17-18,21H,3-4,7-10H2,(H,19,22)/t12-,13-,17-,18-/m1/s1. The fourth-order valence-electron chi connectivity index (χ4n) is 3.47. The van der Waals surface area contributed by atoms with Crippen molar-refractivity contribution in [1.29, 1.82) is 0 Å². The van der Waals surface area contributed by atoms with Gasteiger partial charge >= 0.3 is 0 Å². The van der Waals surface area contributed by atoms with Gasteiger partial charge in [-0.3, -0.25) is 4.79 Å². The normalized spacial score (nSPS) is 28.4. The molecule has 7 heteroatoms. The fraction of sp³-hybridized carbons (Fsp3) is 0.556. The number of rotatable bonds is 6. The summed E-state index contributed by atoms with van der Waals surface area (Å²) in [5.74, 6) is 0.0172. The van der Waals surface area contributed by atoms with Crippen molar-refractivity contribution in [3.63, 3.8) is 0 Å². The minimum atomic E-state index is -0.583. The Balaban J connectivity index is 1.19. The molecule has 0 aliphatic carbocycles. The summed E-state index contributed by atoms with van der Waals surface area (Å²) in [6.45, 7) is 0.688. The first-order valence-corrected chi connectivity index (χ1v) is 9.57. The third-order valence-corrected chi connectivity index (χ3v) is 5.85. The van der Waals surface area contributed by atoms with E-state index in [2.05, 4.69) is 16.4 Å². The molecule has 4 atom stereocenters.